The summed E-state index contributed by atoms with van der Waals surface area (Å²) in [6.45, 7) is 1.04. The van der Waals surface area contributed by atoms with Crippen molar-refractivity contribution < 1.29 is 0 Å². The molecule has 0 spiro atoms. The molecule has 0 aliphatic heterocycles. The molecule has 0 aromatic heterocycles. The Morgan fingerprint density at radius 1 is 1.06 bits per heavy atom. The second-order valence-electron chi connectivity index (χ2n) is 7.89. The van der Waals surface area contributed by atoms with Gasteiger partial charge in [-0.15, -0.1) is 0 Å². The van der Waals surface area contributed by atoms with Crippen LogP contribution >= 0.6 is 0 Å². The molecule has 0 atom stereocenters. The summed E-state index contributed by atoms with van der Waals surface area (Å²) in [5.41, 5.74) is 0.527. The zero-order chi connectivity index (χ0) is 12.4. The second kappa shape index (κ2) is 3.51. The Morgan fingerprint density at radius 2 is 1.56 bits per heavy atom. The van der Waals surface area contributed by atoms with Crippen molar-refractivity contribution in [1.29, 1.82) is 5.26 Å². The van der Waals surface area contributed by atoms with Gasteiger partial charge < -0.3 is 0 Å². The van der Waals surface area contributed by atoms with Crippen LogP contribution < -0.4 is 0 Å². The van der Waals surface area contributed by atoms with E-state index in [1.807, 2.05) is 0 Å². The molecule has 0 aromatic carbocycles. The van der Waals surface area contributed by atoms with Crippen molar-refractivity contribution >= 4 is 0 Å². The molecular weight excluding hydrogens is 220 g/mol. The van der Waals surface area contributed by atoms with Gasteiger partial charge in [-0.25, -0.2) is 0 Å². The standard InChI is InChI=1S/C16H24N2/c1-18(11-15(10-17)2-3-15)16-7-12-4-13(8-16)6-14(5-12)9-16/h12-14H,2-9,11H2,1H3. The van der Waals surface area contributed by atoms with Crippen LogP contribution in [-0.4, -0.2) is 24.0 Å². The van der Waals surface area contributed by atoms with Crippen LogP contribution in [0.5, 0.6) is 0 Å². The first-order valence-corrected chi connectivity index (χ1v) is 7.76. The van der Waals surface area contributed by atoms with Gasteiger partial charge in [0.05, 0.1) is 11.5 Å². The zero-order valence-corrected chi connectivity index (χ0v) is 11.5. The van der Waals surface area contributed by atoms with Crippen molar-refractivity contribution in [2.75, 3.05) is 13.6 Å². The van der Waals surface area contributed by atoms with E-state index in [9.17, 15) is 5.26 Å². The molecule has 0 aromatic rings. The predicted octanol–water partition coefficient (Wildman–Crippen LogP) is 3.19. The molecule has 18 heavy (non-hydrogen) atoms. The molecule has 2 nitrogen and oxygen atoms in total. The molecule has 0 heterocycles. The minimum atomic E-state index is 0.0398. The summed E-state index contributed by atoms with van der Waals surface area (Å²) in [7, 11) is 2.31. The summed E-state index contributed by atoms with van der Waals surface area (Å²) in [5, 5.41) is 9.31. The van der Waals surface area contributed by atoms with Gasteiger partial charge >= 0.3 is 0 Å². The van der Waals surface area contributed by atoms with E-state index in [1.54, 1.807) is 0 Å². The molecule has 5 aliphatic rings. The number of rotatable bonds is 3. The Hall–Kier alpha value is -0.550. The highest BCUT2D eigenvalue weighted by Gasteiger charge is 2.55. The first-order chi connectivity index (χ1) is 8.63. The van der Waals surface area contributed by atoms with E-state index >= 15 is 0 Å². The monoisotopic (exact) mass is 244 g/mol. The molecule has 4 bridgehead atoms. The highest BCUT2D eigenvalue weighted by Crippen LogP contribution is 2.58. The van der Waals surface area contributed by atoms with Crippen molar-refractivity contribution in [2.24, 2.45) is 23.2 Å². The Labute approximate surface area is 110 Å². The Morgan fingerprint density at radius 3 is 1.94 bits per heavy atom. The minimum absolute atomic E-state index is 0.0398. The smallest absolute Gasteiger partial charge is 0.0703 e. The van der Waals surface area contributed by atoms with E-state index in [4.69, 9.17) is 0 Å². The fourth-order valence-corrected chi connectivity index (χ4v) is 5.61. The first kappa shape index (κ1) is 11.3. The maximum Gasteiger partial charge on any atom is 0.0703 e. The maximum absolute atomic E-state index is 9.31. The molecule has 5 fully saturated rings. The molecule has 0 saturated heterocycles. The third kappa shape index (κ3) is 1.56. The Balaban J connectivity index is 1.55. The van der Waals surface area contributed by atoms with Gasteiger partial charge in [-0.3, -0.25) is 4.90 Å². The van der Waals surface area contributed by atoms with Crippen LogP contribution in [0.25, 0.3) is 0 Å². The van der Waals surface area contributed by atoms with Gasteiger partial charge in [0.25, 0.3) is 0 Å². The van der Waals surface area contributed by atoms with Crippen molar-refractivity contribution in [1.82, 2.24) is 4.90 Å². The van der Waals surface area contributed by atoms with Gasteiger partial charge in [0.1, 0.15) is 0 Å². The fourth-order valence-electron chi connectivity index (χ4n) is 5.61. The Kier molecular flexibility index (Phi) is 2.20. The SMILES string of the molecule is CN(CC1(C#N)CC1)C12CC3CC(CC(C3)C1)C2. The number of hydrogen-bond donors (Lipinski definition) is 0. The van der Waals surface area contributed by atoms with Gasteiger partial charge in [0.15, 0.2) is 0 Å². The van der Waals surface area contributed by atoms with Crippen molar-refractivity contribution in [3.63, 3.8) is 0 Å². The lowest BCUT2D eigenvalue weighted by molar-refractivity contribution is -0.0824. The van der Waals surface area contributed by atoms with E-state index in [-0.39, 0.29) is 5.41 Å². The molecule has 0 radical (unpaired) electrons. The lowest BCUT2D eigenvalue weighted by Gasteiger charge is -2.60. The largest absolute Gasteiger partial charge is 0.299 e. The summed E-state index contributed by atoms with van der Waals surface area (Å²) in [6, 6.07) is 2.57. The third-order valence-electron chi connectivity index (χ3n) is 6.45. The molecule has 2 heteroatoms. The van der Waals surface area contributed by atoms with Crippen LogP contribution in [0.4, 0.5) is 0 Å². The molecule has 5 rings (SSSR count). The number of nitriles is 1. The summed E-state index contributed by atoms with van der Waals surface area (Å²) in [4.78, 5) is 2.62. The van der Waals surface area contributed by atoms with Gasteiger partial charge in [-0.05, 0) is 76.2 Å². The van der Waals surface area contributed by atoms with E-state index < -0.39 is 0 Å². The number of hydrogen-bond acceptors (Lipinski definition) is 2. The van der Waals surface area contributed by atoms with E-state index in [1.165, 1.54) is 38.5 Å². The van der Waals surface area contributed by atoms with Crippen LogP contribution in [-0.2, 0) is 0 Å². The topological polar surface area (TPSA) is 27.0 Å². The molecule has 0 amide bonds. The van der Waals surface area contributed by atoms with Crippen molar-refractivity contribution in [2.45, 2.75) is 56.9 Å². The van der Waals surface area contributed by atoms with Gasteiger partial charge in [0, 0.05) is 12.1 Å². The molecule has 5 aliphatic carbocycles. The van der Waals surface area contributed by atoms with Crippen LogP contribution in [0.2, 0.25) is 0 Å². The second-order valence-corrected chi connectivity index (χ2v) is 7.89. The number of nitrogens with zero attached hydrogens (tertiary/aromatic N) is 2. The minimum Gasteiger partial charge on any atom is -0.299 e. The van der Waals surface area contributed by atoms with E-state index in [2.05, 4.69) is 18.0 Å². The fraction of sp³-hybridized carbons (Fsp3) is 0.938. The summed E-state index contributed by atoms with van der Waals surface area (Å²) in [6.07, 6.45) is 11.1. The van der Waals surface area contributed by atoms with Crippen LogP contribution in [0.15, 0.2) is 0 Å². The average molecular weight is 244 g/mol. The predicted molar refractivity (Wildman–Crippen MR) is 70.8 cm³/mol. The Bertz CT molecular complexity index is 367. The van der Waals surface area contributed by atoms with Gasteiger partial charge in [-0.2, -0.15) is 5.26 Å². The third-order valence-corrected chi connectivity index (χ3v) is 6.45. The first-order valence-electron chi connectivity index (χ1n) is 7.76. The van der Waals surface area contributed by atoms with E-state index in [0.717, 1.165) is 37.1 Å². The normalized spacial score (nSPS) is 47.3. The summed E-state index contributed by atoms with van der Waals surface area (Å²) >= 11 is 0. The highest BCUT2D eigenvalue weighted by atomic mass is 15.2. The highest BCUT2D eigenvalue weighted by molar-refractivity contribution is 5.14. The molecule has 5 saturated carbocycles. The summed E-state index contributed by atoms with van der Waals surface area (Å²) in [5.74, 6) is 3.03. The van der Waals surface area contributed by atoms with Crippen LogP contribution in [0.3, 0.4) is 0 Å². The van der Waals surface area contributed by atoms with Crippen molar-refractivity contribution in [3.8, 4) is 6.07 Å². The molecule has 0 N–H and O–H groups in total. The van der Waals surface area contributed by atoms with Gasteiger partial charge in [-0.1, -0.05) is 0 Å². The molecule has 0 unspecified atom stereocenters. The zero-order valence-electron chi connectivity index (χ0n) is 11.5. The van der Waals surface area contributed by atoms with Crippen LogP contribution in [0, 0.1) is 34.5 Å². The lowest BCUT2D eigenvalue weighted by atomic mass is 9.52. The average Bonchev–Trinajstić information content (AvgIpc) is 3.07. The van der Waals surface area contributed by atoms with Gasteiger partial charge in [0.2, 0.25) is 0 Å². The summed E-state index contributed by atoms with van der Waals surface area (Å²) < 4.78 is 0. The molecule has 98 valence electrons. The quantitative estimate of drug-likeness (QED) is 0.762. The lowest BCUT2D eigenvalue weighted by Crippen LogP contribution is -2.59. The molecular formula is C16H24N2. The maximum atomic E-state index is 9.31. The van der Waals surface area contributed by atoms with Crippen molar-refractivity contribution in [3.05, 3.63) is 0 Å². The van der Waals surface area contributed by atoms with E-state index in [0.29, 0.717) is 5.54 Å². The van der Waals surface area contributed by atoms with Crippen LogP contribution in [0.1, 0.15) is 51.4 Å².